The molecule has 0 saturated heterocycles. The molecule has 6 amide bonds. The molecule has 45 nitrogen and oxygen atoms in total. The molecule has 11 rings (SSSR count). The highest BCUT2D eigenvalue weighted by Gasteiger charge is 2.59. The van der Waals surface area contributed by atoms with Gasteiger partial charge in [0.05, 0.1) is 193 Å². The smallest absolute Gasteiger partial charge is 0.384 e. The van der Waals surface area contributed by atoms with Crippen LogP contribution in [0.25, 0.3) is 0 Å². The molecule has 6 bridgehead atoms. The van der Waals surface area contributed by atoms with Gasteiger partial charge in [-0.05, 0) is 80.6 Å². The van der Waals surface area contributed by atoms with Crippen LogP contribution in [0.4, 0.5) is 0 Å². The van der Waals surface area contributed by atoms with Crippen LogP contribution in [-0.4, -0.2) is 253 Å². The van der Waals surface area contributed by atoms with Crippen molar-refractivity contribution in [2.24, 2.45) is 5.73 Å². The zero-order chi connectivity index (χ0) is 96.0. The summed E-state index contributed by atoms with van der Waals surface area (Å²) in [6.07, 6.45) is 5.89. The molecule has 4 aromatic heterocycles. The van der Waals surface area contributed by atoms with Gasteiger partial charge in [0, 0.05) is 5.92 Å². The fourth-order valence-corrected chi connectivity index (χ4v) is 12.7. The maximum atomic E-state index is 14.1. The number of esters is 7. The predicted molar refractivity (Wildman–Crippen MR) is 435 cm³/mol. The molecule has 0 radical (unpaired) electrons. The van der Waals surface area contributed by atoms with E-state index in [9.17, 15) is 86.9 Å². The molecule has 0 saturated carbocycles. The van der Waals surface area contributed by atoms with Gasteiger partial charge in [-0.1, -0.05) is 60.0 Å². The van der Waals surface area contributed by atoms with E-state index in [1.165, 1.54) is 67.9 Å². The van der Waals surface area contributed by atoms with Gasteiger partial charge in [-0.15, -0.1) is 0 Å². The number of carbonyl (C=O) groups is 16. The third-order valence-corrected chi connectivity index (χ3v) is 18.7. The standard InChI is InChI=1S/C39H41N3O19.C21H23N3O7.C7H8.C6H8O7.C5H7NO.C5H6O2.CO2.S/c1-53-29(45)23-18-7-10-37(59-18,26(23)32(48)56-4)15-40-21(43)13-36(52,35(51)42-17-39-12-9-20(61-39)25(31(47)55-3)28(39)34(50)58-6)14-22(44)41-16-38-11-8-19(60-38)24(30(46)54-2)27(38)33(49)57-5;25-18(22-12-15-4-1-7-29-15)10-21(28,20(27)24-14-17-6-3-9-31-17)11-19(26)23-13-16-5-2-8-30-16;1-7-5-3-2-4-6-7;7-3(8)1-6(13,5(11)12)2-4(9)10;6-4-5-2-1-3-7-5;1-3-4-5(6)7-2;2-1-3;/h7-12,18-20,52H,13-17H2,1-6H3,(H,40,43)(H,41,44)(H,42,51);1-9,28H,10-14H2,(H,22,25)(H,23,26)(H,24,27);2-6H,1H3;13H,1-2H2,(H,7,8)(H,9,10)(H,11,12);1-3H,4,6H2;1-2H3;;/q;;;;;;;-2. The largest absolute Gasteiger partial charge is 2.00 e. The zero-order valence-corrected chi connectivity index (χ0v) is 71.8. The number of carboxylic acid groups (broad SMARTS) is 3. The Balaban J connectivity index is 0.000000418. The van der Waals surface area contributed by atoms with Crippen molar-refractivity contribution in [1.29, 1.82) is 0 Å². The van der Waals surface area contributed by atoms with Gasteiger partial charge in [0.25, 0.3) is 11.8 Å². The van der Waals surface area contributed by atoms with Crippen LogP contribution in [0.3, 0.4) is 0 Å². The molecule has 14 N–H and O–H groups in total. The van der Waals surface area contributed by atoms with Crippen molar-refractivity contribution in [3.05, 3.63) is 202 Å². The van der Waals surface area contributed by atoms with Crippen LogP contribution in [0.5, 0.6) is 0 Å². The molecule has 700 valence electrons. The van der Waals surface area contributed by atoms with Gasteiger partial charge in [-0.3, -0.25) is 38.4 Å². The van der Waals surface area contributed by atoms with E-state index < -0.39 is 205 Å². The van der Waals surface area contributed by atoms with E-state index in [0.717, 1.165) is 48.4 Å². The first-order valence-corrected chi connectivity index (χ1v) is 37.8. The highest BCUT2D eigenvalue weighted by Crippen LogP contribution is 2.47. The van der Waals surface area contributed by atoms with E-state index >= 15 is 0 Å². The van der Waals surface area contributed by atoms with Crippen LogP contribution in [0, 0.1) is 18.8 Å². The topological polar surface area (TPSA) is 672 Å². The number of nitrogens with one attached hydrogen (secondary N) is 6. The van der Waals surface area contributed by atoms with Crippen molar-refractivity contribution in [2.75, 3.05) is 69.4 Å². The van der Waals surface area contributed by atoms with Crippen LogP contribution in [0.2, 0.25) is 0 Å². The molecule has 46 heteroatoms. The van der Waals surface area contributed by atoms with Gasteiger partial charge in [-0.25, -0.2) is 38.4 Å². The van der Waals surface area contributed by atoms with Crippen molar-refractivity contribution in [1.82, 2.24) is 31.9 Å². The van der Waals surface area contributed by atoms with Crippen LogP contribution in [0.15, 0.2) is 191 Å². The summed E-state index contributed by atoms with van der Waals surface area (Å²) in [6, 6.07) is 23.9. The lowest BCUT2D eigenvalue weighted by atomic mass is 9.85. The third-order valence-electron chi connectivity index (χ3n) is 18.7. The third kappa shape index (κ3) is 29.4. The minimum atomic E-state index is -2.91. The maximum absolute atomic E-state index is 14.1. The van der Waals surface area contributed by atoms with Gasteiger partial charge in [0.2, 0.25) is 23.6 Å². The molecule has 10 heterocycles. The number of fused-ring (bicyclic) bond motifs is 6. The number of carboxylic acids is 3. The highest BCUT2D eigenvalue weighted by molar-refractivity contribution is 7.37. The number of methoxy groups -OCH3 is 7. The van der Waals surface area contributed by atoms with Crippen molar-refractivity contribution >= 4 is 115 Å². The lowest BCUT2D eigenvalue weighted by Crippen LogP contribution is -2.56. The zero-order valence-electron chi connectivity index (χ0n) is 70.9. The van der Waals surface area contributed by atoms with Gasteiger partial charge < -0.3 is 147 Å². The van der Waals surface area contributed by atoms with Gasteiger partial charge >= 0.3 is 65.8 Å². The Morgan fingerprint density at radius 3 is 0.954 bits per heavy atom. The summed E-state index contributed by atoms with van der Waals surface area (Å²) >= 11 is 0. The second-order valence-corrected chi connectivity index (χ2v) is 27.5. The Morgan fingerprint density at radius 2 is 0.708 bits per heavy atom. The summed E-state index contributed by atoms with van der Waals surface area (Å²) in [6.45, 7) is 2.63. The van der Waals surface area contributed by atoms with E-state index in [1.54, 1.807) is 49.6 Å². The van der Waals surface area contributed by atoms with Gasteiger partial charge in [0.1, 0.15) is 58.2 Å². The van der Waals surface area contributed by atoms with Crippen LogP contribution in [0.1, 0.15) is 74.1 Å². The first-order chi connectivity index (χ1) is 61.2. The minimum absolute atomic E-state index is 0. The Bertz CT molecular complexity index is 4980. The van der Waals surface area contributed by atoms with Crippen LogP contribution < -0.4 is 37.6 Å². The number of nitrogens with two attached hydrogens (primary N) is 1. The first kappa shape index (κ1) is 108. The van der Waals surface area contributed by atoms with Gasteiger partial charge in [0.15, 0.2) is 16.8 Å². The Hall–Kier alpha value is -14.7. The summed E-state index contributed by atoms with van der Waals surface area (Å²) in [5.74, 6) is -9.78. The number of aliphatic carboxylic acids is 3. The number of aryl methyl sites for hydroxylation is 1. The van der Waals surface area contributed by atoms with Crippen molar-refractivity contribution in [3.8, 4) is 11.8 Å². The quantitative estimate of drug-likeness (QED) is 0.00788. The highest BCUT2D eigenvalue weighted by atomic mass is 32.1. The fourth-order valence-electron chi connectivity index (χ4n) is 12.7. The summed E-state index contributed by atoms with van der Waals surface area (Å²) in [4.78, 5) is 212. The fraction of sp³-hybridized carbons (Fsp3) is 0.369. The van der Waals surface area contributed by atoms with E-state index in [-0.39, 0.29) is 72.7 Å². The molecular formula is C84H93N7O38S-2. The monoisotopic (exact) mass is 1840 g/mol. The van der Waals surface area contributed by atoms with Crippen LogP contribution >= 0.6 is 0 Å². The molecule has 5 aromatic rings. The van der Waals surface area contributed by atoms with E-state index in [4.69, 9.17) is 96.0 Å². The van der Waals surface area contributed by atoms with E-state index in [2.05, 4.69) is 67.5 Å². The summed E-state index contributed by atoms with van der Waals surface area (Å²) in [7, 11) is 7.76. The second kappa shape index (κ2) is 50.6. The minimum Gasteiger partial charge on any atom is -2.00 e. The molecule has 1 aromatic carbocycles. The average molecular weight is 1840 g/mol. The average Bonchev–Trinajstić information content (AvgIpc) is 1.58. The number of amides is 6. The Labute approximate surface area is 745 Å². The second-order valence-electron chi connectivity index (χ2n) is 27.5. The van der Waals surface area contributed by atoms with Crippen molar-refractivity contribution < 1.29 is 182 Å². The molecule has 6 atom stereocenters. The van der Waals surface area contributed by atoms with Crippen LogP contribution in [-0.2, 0) is 173 Å². The summed E-state index contributed by atoms with van der Waals surface area (Å²) in [5, 5.41) is 71.7. The maximum Gasteiger partial charge on any atom is 0.384 e. The number of hydrogen-bond acceptors (Lipinski definition) is 36. The van der Waals surface area contributed by atoms with Gasteiger partial charge in [-0.2, -0.15) is 9.59 Å². The van der Waals surface area contributed by atoms with Crippen molar-refractivity contribution in [3.63, 3.8) is 0 Å². The number of furan rings is 4. The normalized spacial score (nSPS) is 18.3. The first-order valence-electron chi connectivity index (χ1n) is 37.8. The number of ether oxygens (including phenoxy) is 10. The number of rotatable bonds is 34. The number of hydrogen-bond donors (Lipinski definition) is 13. The number of aliphatic hydroxyl groups is 3. The SMILES string of the molecule is CC#CC(=O)OC.COC(=O)C1=C(C(=O)OC)C2(CNC(=O)CC(O)(CC(=O)NCC34C=CC(O3)C(C(=O)OC)=C4C(=O)OC)C(=O)NCC34C=CC(O3)C(C(=O)OC)=C4C(=O)OC)C=CC1O2.Cc1ccccc1.NCc1ccco1.O=C(CC(O)(CC(=O)NCc1ccco1)C(=O)NCc1ccco1)NCc1ccco1.O=C(O)CC(O)(CC(=O)O)C(=O)O.O=C=O.[S-2]. The molecule has 0 aliphatic carbocycles. The molecule has 0 spiro atoms. The summed E-state index contributed by atoms with van der Waals surface area (Å²) in [5.41, 5.74) is -7.99. The molecule has 130 heavy (non-hydrogen) atoms. The molecule has 0 fully saturated rings. The van der Waals surface area contributed by atoms with E-state index in [0.29, 0.717) is 23.8 Å². The number of carbonyl (C=O) groups excluding carboxylic acids is 15. The van der Waals surface area contributed by atoms with E-state index in [1.807, 2.05) is 30.3 Å². The lowest BCUT2D eigenvalue weighted by molar-refractivity contribution is -0.192. The molecule has 6 aliphatic rings. The predicted octanol–water partition coefficient (Wildman–Crippen LogP) is -0.796. The Morgan fingerprint density at radius 1 is 0.408 bits per heavy atom. The molecule has 6 unspecified atom stereocenters. The summed E-state index contributed by atoms with van der Waals surface area (Å²) < 4.78 is 71.2. The molecular weight excluding hydrogens is 1750 g/mol. The Kier molecular flexibility index (Phi) is 41.9. The van der Waals surface area contributed by atoms with Crippen molar-refractivity contribution in [2.45, 2.75) is 130 Å². The number of benzene rings is 1. The molecule has 6 aliphatic heterocycles. The lowest BCUT2D eigenvalue weighted by Gasteiger charge is -2.31.